The van der Waals surface area contributed by atoms with Crippen molar-refractivity contribution in [2.75, 3.05) is 19.0 Å². The molecular weight excluding hydrogens is 572 g/mol. The Labute approximate surface area is 249 Å². The number of hydrogen-bond donors (Lipinski definition) is 1. The number of benzene rings is 2. The van der Waals surface area contributed by atoms with E-state index in [2.05, 4.69) is 22.3 Å². The number of hydrogen-bond acceptors (Lipinski definition) is 4. The number of ether oxygens (including phenoxy) is 2. The molecule has 0 spiro atoms. The van der Waals surface area contributed by atoms with Crippen molar-refractivity contribution < 1.29 is 35.8 Å². The van der Waals surface area contributed by atoms with Crippen LogP contribution in [0.4, 0.5) is 5.69 Å². The fraction of sp³-hybridized carbons (Fsp3) is 0.500. The van der Waals surface area contributed by atoms with E-state index >= 15 is 0 Å². The number of rotatable bonds is 19. The third kappa shape index (κ3) is 12.1. The van der Waals surface area contributed by atoms with E-state index < -0.39 is 0 Å². The fourth-order valence-corrected chi connectivity index (χ4v) is 5.18. The lowest BCUT2D eigenvalue weighted by Crippen LogP contribution is -3.00. The number of halogens is 1. The van der Waals surface area contributed by atoms with Gasteiger partial charge in [-0.3, -0.25) is 4.79 Å². The van der Waals surface area contributed by atoms with Crippen molar-refractivity contribution in [2.45, 2.75) is 90.5 Å². The second kappa shape index (κ2) is 19.6. The van der Waals surface area contributed by atoms with Gasteiger partial charge in [0, 0.05) is 11.1 Å². The molecule has 0 saturated carbocycles. The van der Waals surface area contributed by atoms with E-state index in [1.165, 1.54) is 64.2 Å². The number of amides is 1. The average Bonchev–Trinajstić information content (AvgIpc) is 3.45. The van der Waals surface area contributed by atoms with Crippen LogP contribution >= 0.6 is 11.3 Å². The highest BCUT2D eigenvalue weighted by Crippen LogP contribution is 2.29. The molecule has 1 heterocycles. The van der Waals surface area contributed by atoms with E-state index in [4.69, 9.17) is 9.47 Å². The molecule has 0 radical (unpaired) electrons. The van der Waals surface area contributed by atoms with Gasteiger partial charge in [-0.15, -0.1) is 0 Å². The summed E-state index contributed by atoms with van der Waals surface area (Å²) >= 11 is 1.65. The van der Waals surface area contributed by atoms with Crippen LogP contribution < -0.4 is 36.3 Å². The first kappa shape index (κ1) is 32.8. The van der Waals surface area contributed by atoms with Crippen LogP contribution in [-0.4, -0.2) is 19.6 Å². The first-order valence-electron chi connectivity index (χ1n) is 14.3. The Kier molecular flexibility index (Phi) is 16.5. The zero-order valence-corrected chi connectivity index (χ0v) is 26.0. The lowest BCUT2D eigenvalue weighted by Gasteiger charge is -2.13. The maximum Gasteiger partial charge on any atom is 0.255 e. The molecule has 0 unspecified atom stereocenters. The van der Waals surface area contributed by atoms with E-state index in [9.17, 15) is 4.79 Å². The number of nitrogens with zero attached hydrogens (tertiary/aromatic N) is 1. The number of carbonyl (C=O) groups excluding carboxylic acids is 1. The molecule has 214 valence electrons. The average molecular weight is 618 g/mol. The van der Waals surface area contributed by atoms with Gasteiger partial charge >= 0.3 is 0 Å². The quantitative estimate of drug-likeness (QED) is 0.144. The summed E-state index contributed by atoms with van der Waals surface area (Å²) in [6, 6.07) is 13.3. The predicted molar refractivity (Wildman–Crippen MR) is 158 cm³/mol. The summed E-state index contributed by atoms with van der Waals surface area (Å²) in [5, 5.41) is 5.12. The van der Waals surface area contributed by atoms with Gasteiger partial charge in [0.05, 0.1) is 24.8 Å². The van der Waals surface area contributed by atoms with E-state index in [-0.39, 0.29) is 22.9 Å². The molecule has 1 aromatic heterocycles. The van der Waals surface area contributed by atoms with E-state index in [1.54, 1.807) is 36.6 Å². The Balaban J connectivity index is 0.00000533. The van der Waals surface area contributed by atoms with Crippen molar-refractivity contribution in [2.24, 2.45) is 0 Å². The molecule has 0 saturated heterocycles. The van der Waals surface area contributed by atoms with Gasteiger partial charge in [0.25, 0.3) is 5.91 Å². The SMILES string of the molecule is CCCCCCCCCCCCCCOc1cc(C(=O)Nc2ccccc2C[n+]2ccsc2)ccc1OC.[Br-]. The van der Waals surface area contributed by atoms with Gasteiger partial charge in [0.15, 0.2) is 24.2 Å². The van der Waals surface area contributed by atoms with Crippen LogP contribution in [0.25, 0.3) is 0 Å². The Morgan fingerprint density at radius 2 is 1.54 bits per heavy atom. The van der Waals surface area contributed by atoms with Crippen LogP contribution in [-0.2, 0) is 6.54 Å². The summed E-state index contributed by atoms with van der Waals surface area (Å²) in [5.74, 6) is 1.10. The first-order chi connectivity index (χ1) is 18.7. The summed E-state index contributed by atoms with van der Waals surface area (Å²) in [6.07, 6.45) is 17.8. The standard InChI is InChI=1S/C32H44N2O3S.BrH/c1-3-4-5-6-7-8-9-10-11-12-13-16-22-37-31-24-27(19-20-30(31)36-2)32(35)33-29-18-15-14-17-28(29)25-34-21-23-38-26-34;/h14-15,17-21,23-24,26H,3-13,16,22,25H2,1-2H3;1H. The molecule has 3 rings (SSSR count). The zero-order valence-electron chi connectivity index (χ0n) is 23.6. The number of carbonyl (C=O) groups is 1. The van der Waals surface area contributed by atoms with Crippen LogP contribution in [0.15, 0.2) is 59.6 Å². The van der Waals surface area contributed by atoms with Crippen molar-refractivity contribution >= 4 is 22.9 Å². The number of thiazole rings is 1. The van der Waals surface area contributed by atoms with Gasteiger partial charge in [-0.1, -0.05) is 107 Å². The van der Waals surface area contributed by atoms with Crippen LogP contribution in [0.5, 0.6) is 11.5 Å². The third-order valence-electron chi connectivity index (χ3n) is 6.83. The molecule has 2 aromatic carbocycles. The van der Waals surface area contributed by atoms with Crippen molar-refractivity contribution in [3.8, 4) is 11.5 Å². The van der Waals surface area contributed by atoms with Crippen molar-refractivity contribution in [3.05, 3.63) is 70.7 Å². The van der Waals surface area contributed by atoms with Crippen molar-refractivity contribution in [3.63, 3.8) is 0 Å². The molecule has 7 heteroatoms. The number of para-hydroxylation sites is 1. The summed E-state index contributed by atoms with van der Waals surface area (Å²) < 4.78 is 13.6. The number of aromatic nitrogens is 1. The minimum absolute atomic E-state index is 0. The second-order valence-corrected chi connectivity index (χ2v) is 10.7. The Bertz CT molecular complexity index is 1080. The maximum absolute atomic E-state index is 13.1. The third-order valence-corrected chi connectivity index (χ3v) is 7.50. The normalized spacial score (nSPS) is 10.6. The second-order valence-electron chi connectivity index (χ2n) is 9.91. The van der Waals surface area contributed by atoms with Crippen molar-refractivity contribution in [1.82, 2.24) is 0 Å². The summed E-state index contributed by atoms with van der Waals surface area (Å²) in [5.41, 5.74) is 4.47. The van der Waals surface area contributed by atoms with Gasteiger partial charge < -0.3 is 31.8 Å². The molecule has 0 aliphatic carbocycles. The molecule has 1 N–H and O–H groups in total. The minimum atomic E-state index is -0.161. The minimum Gasteiger partial charge on any atom is -1.00 e. The van der Waals surface area contributed by atoms with Gasteiger partial charge in [-0.2, -0.15) is 4.57 Å². The predicted octanol–water partition coefficient (Wildman–Crippen LogP) is 5.43. The van der Waals surface area contributed by atoms with E-state index in [0.29, 0.717) is 30.2 Å². The zero-order chi connectivity index (χ0) is 26.8. The van der Waals surface area contributed by atoms with Crippen LogP contribution in [0.3, 0.4) is 0 Å². The Hall–Kier alpha value is -2.38. The molecule has 0 bridgehead atoms. The monoisotopic (exact) mass is 616 g/mol. The van der Waals surface area contributed by atoms with E-state index in [1.807, 2.05) is 35.8 Å². The van der Waals surface area contributed by atoms with Gasteiger partial charge in [0.2, 0.25) is 5.51 Å². The molecule has 0 fully saturated rings. The van der Waals surface area contributed by atoms with Crippen LogP contribution in [0, 0.1) is 0 Å². The molecule has 1 amide bonds. The molecule has 0 aliphatic rings. The Morgan fingerprint density at radius 3 is 2.18 bits per heavy atom. The maximum atomic E-state index is 13.1. The summed E-state index contributed by atoms with van der Waals surface area (Å²) in [4.78, 5) is 13.1. The molecule has 5 nitrogen and oxygen atoms in total. The Morgan fingerprint density at radius 1 is 0.872 bits per heavy atom. The largest absolute Gasteiger partial charge is 1.00 e. The molecule has 3 aromatic rings. The molecular formula is C32H45BrN2O3S. The number of methoxy groups -OCH3 is 1. The highest BCUT2D eigenvalue weighted by Gasteiger charge is 2.15. The van der Waals surface area contributed by atoms with Gasteiger partial charge in [0.1, 0.15) is 0 Å². The number of anilines is 1. The first-order valence-corrected chi connectivity index (χ1v) is 15.3. The van der Waals surface area contributed by atoms with Crippen molar-refractivity contribution in [1.29, 1.82) is 0 Å². The highest BCUT2D eigenvalue weighted by molar-refractivity contribution is 7.07. The number of unbranched alkanes of at least 4 members (excludes halogenated alkanes) is 11. The van der Waals surface area contributed by atoms with Crippen LogP contribution in [0.2, 0.25) is 0 Å². The van der Waals surface area contributed by atoms with E-state index in [0.717, 1.165) is 24.1 Å². The molecule has 39 heavy (non-hydrogen) atoms. The molecule has 0 aliphatic heterocycles. The van der Waals surface area contributed by atoms with Crippen LogP contribution in [0.1, 0.15) is 99.9 Å². The molecule has 0 atom stereocenters. The van der Waals surface area contributed by atoms with Gasteiger partial charge in [-0.25, -0.2) is 0 Å². The smallest absolute Gasteiger partial charge is 0.255 e. The lowest BCUT2D eigenvalue weighted by atomic mass is 10.1. The topological polar surface area (TPSA) is 51.4 Å². The fourth-order valence-electron chi connectivity index (χ4n) is 4.58. The van der Waals surface area contributed by atoms with Gasteiger partial charge in [-0.05, 0) is 30.7 Å². The summed E-state index contributed by atoms with van der Waals surface area (Å²) in [7, 11) is 1.63. The lowest BCUT2D eigenvalue weighted by molar-refractivity contribution is -0.683. The number of nitrogens with one attached hydrogen (secondary N) is 1. The summed E-state index contributed by atoms with van der Waals surface area (Å²) in [6.45, 7) is 3.60. The highest BCUT2D eigenvalue weighted by atomic mass is 79.9.